The SMILES string of the molecule is CC(=O)OCC1(c2cc(F)c(CC(=O)Nc3ccnc(C(=O)NC4(C(F)(F)F)CC4)c3)cc2OCc2ccccc2)CCC1. The molecule has 3 aromatic rings. The number of ether oxygens (including phenoxy) is 2. The molecule has 0 unspecified atom stereocenters. The highest BCUT2D eigenvalue weighted by Crippen LogP contribution is 2.49. The summed E-state index contributed by atoms with van der Waals surface area (Å²) in [6, 6.07) is 14.7. The second-order valence-corrected chi connectivity index (χ2v) is 11.3. The molecule has 5 rings (SSSR count). The summed E-state index contributed by atoms with van der Waals surface area (Å²) in [6.07, 6.45) is -2.02. The van der Waals surface area contributed by atoms with Gasteiger partial charge >= 0.3 is 12.1 Å². The third-order valence-electron chi connectivity index (χ3n) is 8.09. The standard InChI is InChI=1S/C32H31F4N3O5/c1-20(40)44-19-30(9-5-10-30)24-17-25(33)22(14-27(24)43-18-21-6-3-2-4-7-21)15-28(41)38-23-8-13-37-26(16-23)29(42)39-31(11-12-31)32(34,35)36/h2-4,6-8,13-14,16-17H,5,9-12,15,18-19H2,1H3,(H,39,42)(H,37,38,41). The summed E-state index contributed by atoms with van der Waals surface area (Å²) < 4.78 is 66.8. The number of anilines is 1. The summed E-state index contributed by atoms with van der Waals surface area (Å²) in [5, 5.41) is 4.55. The largest absolute Gasteiger partial charge is 0.489 e. The van der Waals surface area contributed by atoms with Gasteiger partial charge in [0.05, 0.1) is 6.42 Å². The topological polar surface area (TPSA) is 107 Å². The van der Waals surface area contributed by atoms with E-state index in [0.717, 1.165) is 18.1 Å². The highest BCUT2D eigenvalue weighted by molar-refractivity contribution is 5.96. The second-order valence-electron chi connectivity index (χ2n) is 11.3. The van der Waals surface area contributed by atoms with Crippen LogP contribution in [0.5, 0.6) is 5.75 Å². The first-order chi connectivity index (χ1) is 20.9. The average molecular weight is 614 g/mol. The first-order valence-electron chi connectivity index (χ1n) is 14.2. The van der Waals surface area contributed by atoms with Crippen molar-refractivity contribution in [2.75, 3.05) is 11.9 Å². The van der Waals surface area contributed by atoms with E-state index >= 15 is 4.39 Å². The minimum atomic E-state index is -4.59. The number of aromatic nitrogens is 1. The van der Waals surface area contributed by atoms with Crippen LogP contribution in [0.4, 0.5) is 23.2 Å². The molecule has 2 N–H and O–H groups in total. The molecular formula is C32H31F4N3O5. The van der Waals surface area contributed by atoms with Gasteiger partial charge in [-0.2, -0.15) is 13.2 Å². The highest BCUT2D eigenvalue weighted by atomic mass is 19.4. The van der Waals surface area contributed by atoms with Gasteiger partial charge in [0.25, 0.3) is 5.91 Å². The Bertz CT molecular complexity index is 1550. The molecule has 2 saturated carbocycles. The summed E-state index contributed by atoms with van der Waals surface area (Å²) in [5.74, 6) is -2.37. The van der Waals surface area contributed by atoms with Gasteiger partial charge in [0.15, 0.2) is 0 Å². The summed E-state index contributed by atoms with van der Waals surface area (Å²) in [7, 11) is 0. The zero-order valence-corrected chi connectivity index (χ0v) is 23.9. The third kappa shape index (κ3) is 6.84. The lowest BCUT2D eigenvalue weighted by Gasteiger charge is -2.42. The number of nitrogens with zero attached hydrogens (tertiary/aromatic N) is 1. The Morgan fingerprint density at radius 1 is 1.00 bits per heavy atom. The van der Waals surface area contributed by atoms with Gasteiger partial charge in [-0.1, -0.05) is 36.8 Å². The molecule has 0 saturated heterocycles. The molecule has 2 amide bonds. The maximum atomic E-state index is 15.5. The van der Waals surface area contributed by atoms with Crippen LogP contribution in [0, 0.1) is 5.82 Å². The molecule has 0 aliphatic heterocycles. The first-order valence-corrected chi connectivity index (χ1v) is 14.2. The molecule has 0 spiro atoms. The molecule has 232 valence electrons. The molecule has 2 aliphatic carbocycles. The molecule has 1 heterocycles. The number of carbonyl (C=O) groups is 3. The van der Waals surface area contributed by atoms with Crippen molar-refractivity contribution >= 4 is 23.5 Å². The van der Waals surface area contributed by atoms with E-state index < -0.39 is 47.2 Å². The van der Waals surface area contributed by atoms with Gasteiger partial charge in [0, 0.05) is 35.3 Å². The minimum absolute atomic E-state index is 0.0455. The van der Waals surface area contributed by atoms with Gasteiger partial charge < -0.3 is 20.1 Å². The van der Waals surface area contributed by atoms with Crippen LogP contribution in [0.2, 0.25) is 0 Å². The number of esters is 1. The zero-order valence-electron chi connectivity index (χ0n) is 23.9. The van der Waals surface area contributed by atoms with Crippen molar-refractivity contribution in [3.05, 3.63) is 89.0 Å². The van der Waals surface area contributed by atoms with Crippen molar-refractivity contribution in [1.29, 1.82) is 0 Å². The first kappa shape index (κ1) is 31.0. The number of hydrogen-bond acceptors (Lipinski definition) is 6. The van der Waals surface area contributed by atoms with Crippen LogP contribution in [-0.2, 0) is 32.8 Å². The molecule has 2 fully saturated rings. The van der Waals surface area contributed by atoms with Crippen LogP contribution >= 0.6 is 0 Å². The fraction of sp³-hybridized carbons (Fsp3) is 0.375. The summed E-state index contributed by atoms with van der Waals surface area (Å²) in [6.45, 7) is 1.57. The molecule has 8 nitrogen and oxygen atoms in total. The number of nitrogens with one attached hydrogen (secondary N) is 2. The number of carbonyl (C=O) groups excluding carboxylic acids is 3. The van der Waals surface area contributed by atoms with Gasteiger partial charge in [0.2, 0.25) is 5.91 Å². The predicted molar refractivity (Wildman–Crippen MR) is 151 cm³/mol. The van der Waals surface area contributed by atoms with Crippen LogP contribution in [0.1, 0.15) is 66.2 Å². The van der Waals surface area contributed by atoms with Crippen molar-refractivity contribution < 1.29 is 41.4 Å². The molecule has 44 heavy (non-hydrogen) atoms. The molecule has 2 aliphatic rings. The van der Waals surface area contributed by atoms with E-state index in [9.17, 15) is 27.6 Å². The van der Waals surface area contributed by atoms with Crippen molar-refractivity contribution in [3.63, 3.8) is 0 Å². The molecule has 0 bridgehead atoms. The van der Waals surface area contributed by atoms with Crippen molar-refractivity contribution in [2.24, 2.45) is 0 Å². The number of pyridine rings is 1. The molecule has 0 radical (unpaired) electrons. The number of benzene rings is 2. The molecule has 12 heteroatoms. The fourth-order valence-electron chi connectivity index (χ4n) is 5.23. The normalized spacial score (nSPS) is 16.3. The Kier molecular flexibility index (Phi) is 8.62. The van der Waals surface area contributed by atoms with E-state index in [-0.39, 0.29) is 43.0 Å². The van der Waals surface area contributed by atoms with Gasteiger partial charge in [-0.05, 0) is 55.5 Å². The van der Waals surface area contributed by atoms with E-state index in [1.165, 1.54) is 31.3 Å². The fourth-order valence-corrected chi connectivity index (χ4v) is 5.23. The van der Waals surface area contributed by atoms with Crippen LogP contribution in [0.3, 0.4) is 0 Å². The maximum absolute atomic E-state index is 15.5. The number of rotatable bonds is 11. The van der Waals surface area contributed by atoms with E-state index in [0.29, 0.717) is 24.2 Å². The number of amides is 2. The Balaban J connectivity index is 1.33. The summed E-state index contributed by atoms with van der Waals surface area (Å²) in [5.41, 5.74) is -1.58. The summed E-state index contributed by atoms with van der Waals surface area (Å²) >= 11 is 0. The number of alkyl halides is 3. The molecule has 2 aromatic carbocycles. The lowest BCUT2D eigenvalue weighted by atomic mass is 9.64. The van der Waals surface area contributed by atoms with Gasteiger partial charge in [0.1, 0.15) is 36.0 Å². The second kappa shape index (κ2) is 12.3. The van der Waals surface area contributed by atoms with E-state index in [1.54, 1.807) is 0 Å². The predicted octanol–water partition coefficient (Wildman–Crippen LogP) is 5.79. The lowest BCUT2D eigenvalue weighted by molar-refractivity contribution is -0.163. The van der Waals surface area contributed by atoms with Crippen LogP contribution in [0.25, 0.3) is 0 Å². The Labute approximate surface area is 251 Å². The Morgan fingerprint density at radius 3 is 2.34 bits per heavy atom. The quantitative estimate of drug-likeness (QED) is 0.210. The zero-order chi connectivity index (χ0) is 31.5. The minimum Gasteiger partial charge on any atom is -0.489 e. The number of hydrogen-bond donors (Lipinski definition) is 2. The monoisotopic (exact) mass is 613 g/mol. The maximum Gasteiger partial charge on any atom is 0.411 e. The third-order valence-corrected chi connectivity index (χ3v) is 8.09. The van der Waals surface area contributed by atoms with Gasteiger partial charge in [-0.15, -0.1) is 0 Å². The van der Waals surface area contributed by atoms with E-state index in [1.807, 2.05) is 35.6 Å². The molecule has 1 aromatic heterocycles. The van der Waals surface area contributed by atoms with Crippen molar-refractivity contribution in [3.8, 4) is 5.75 Å². The smallest absolute Gasteiger partial charge is 0.411 e. The average Bonchev–Trinajstić information content (AvgIpc) is 3.74. The van der Waals surface area contributed by atoms with E-state index in [2.05, 4.69) is 10.3 Å². The van der Waals surface area contributed by atoms with Crippen LogP contribution < -0.4 is 15.4 Å². The lowest BCUT2D eigenvalue weighted by Crippen LogP contribution is -2.48. The Morgan fingerprint density at radius 2 is 1.73 bits per heavy atom. The highest BCUT2D eigenvalue weighted by Gasteiger charge is 2.64. The molecular weight excluding hydrogens is 582 g/mol. The van der Waals surface area contributed by atoms with Crippen molar-refractivity contribution in [1.82, 2.24) is 10.3 Å². The van der Waals surface area contributed by atoms with Crippen molar-refractivity contribution in [2.45, 2.75) is 69.2 Å². The Hall–Kier alpha value is -4.48. The van der Waals surface area contributed by atoms with Crippen LogP contribution in [-0.4, -0.2) is 41.1 Å². The van der Waals surface area contributed by atoms with Gasteiger partial charge in [-0.3, -0.25) is 19.4 Å². The van der Waals surface area contributed by atoms with Crippen LogP contribution in [0.15, 0.2) is 60.8 Å². The van der Waals surface area contributed by atoms with Gasteiger partial charge in [-0.25, -0.2) is 4.39 Å². The van der Waals surface area contributed by atoms with E-state index in [4.69, 9.17) is 9.47 Å². The molecule has 0 atom stereocenters. The number of halogens is 4. The summed E-state index contributed by atoms with van der Waals surface area (Å²) in [4.78, 5) is 40.8.